The monoisotopic (exact) mass is 464 g/mol. The van der Waals surface area contributed by atoms with Gasteiger partial charge in [-0.15, -0.1) is 0 Å². The molecule has 2 aromatic rings. The van der Waals surface area contributed by atoms with Crippen LogP contribution in [0.2, 0.25) is 5.02 Å². The molecule has 0 spiro atoms. The number of carbonyl (C=O) groups is 1. The molecule has 1 amide bonds. The predicted octanol–water partition coefficient (Wildman–Crippen LogP) is 3.99. The van der Waals surface area contributed by atoms with E-state index in [1.807, 2.05) is 38.1 Å². The van der Waals surface area contributed by atoms with E-state index in [0.717, 1.165) is 11.3 Å². The summed E-state index contributed by atoms with van der Waals surface area (Å²) in [5.41, 5.74) is 1.65. The highest BCUT2D eigenvalue weighted by Crippen LogP contribution is 2.22. The fraction of sp³-hybridized carbons (Fsp3) is 0.435. The van der Waals surface area contributed by atoms with Gasteiger partial charge in [-0.3, -0.25) is 4.79 Å². The first kappa shape index (κ1) is 23.6. The topological polar surface area (TPSA) is 75.7 Å². The Balaban J connectivity index is 1.54. The van der Waals surface area contributed by atoms with Crippen molar-refractivity contribution in [2.75, 3.05) is 13.1 Å². The molecule has 1 unspecified atom stereocenters. The third-order valence-corrected chi connectivity index (χ3v) is 7.24. The van der Waals surface area contributed by atoms with Crippen LogP contribution in [0.5, 0.6) is 5.75 Å². The summed E-state index contributed by atoms with van der Waals surface area (Å²) in [6, 6.07) is 14.4. The number of nitrogens with zero attached hydrogens (tertiary/aromatic N) is 1. The van der Waals surface area contributed by atoms with Gasteiger partial charge in [0.15, 0.2) is 0 Å². The van der Waals surface area contributed by atoms with Crippen LogP contribution in [-0.2, 0) is 27.1 Å². The number of benzene rings is 2. The van der Waals surface area contributed by atoms with E-state index in [2.05, 4.69) is 5.32 Å². The zero-order chi connectivity index (χ0) is 22.4. The summed E-state index contributed by atoms with van der Waals surface area (Å²) < 4.78 is 32.8. The first-order valence-electron chi connectivity index (χ1n) is 10.5. The largest absolute Gasteiger partial charge is 0.491 e. The second kappa shape index (κ2) is 10.5. The lowest BCUT2D eigenvalue weighted by Gasteiger charge is -2.31. The number of hydrogen-bond donors (Lipinski definition) is 1. The van der Waals surface area contributed by atoms with Gasteiger partial charge in [-0.2, -0.15) is 0 Å². The van der Waals surface area contributed by atoms with Crippen molar-refractivity contribution >= 4 is 27.5 Å². The average molecular weight is 465 g/mol. The van der Waals surface area contributed by atoms with E-state index in [1.165, 1.54) is 4.31 Å². The van der Waals surface area contributed by atoms with E-state index in [9.17, 15) is 13.2 Å². The minimum absolute atomic E-state index is 0.0939. The smallest absolute Gasteiger partial charge is 0.224 e. The number of carbonyl (C=O) groups excluding carboxylic acids is 1. The highest BCUT2D eigenvalue weighted by molar-refractivity contribution is 7.88. The van der Waals surface area contributed by atoms with E-state index in [0.29, 0.717) is 36.5 Å². The molecule has 1 saturated heterocycles. The first-order valence-corrected chi connectivity index (χ1v) is 12.5. The normalized spacial score (nSPS) is 17.5. The number of piperidine rings is 1. The van der Waals surface area contributed by atoms with E-state index < -0.39 is 10.0 Å². The van der Waals surface area contributed by atoms with Crippen LogP contribution in [0.15, 0.2) is 48.5 Å². The highest BCUT2D eigenvalue weighted by Gasteiger charge is 2.32. The molecule has 2 aromatic carbocycles. The molecule has 1 aliphatic heterocycles. The molecule has 31 heavy (non-hydrogen) atoms. The Morgan fingerprint density at radius 2 is 1.77 bits per heavy atom. The van der Waals surface area contributed by atoms with Crippen molar-refractivity contribution in [1.29, 1.82) is 0 Å². The molecule has 8 heteroatoms. The second-order valence-electron chi connectivity index (χ2n) is 8.11. The quantitative estimate of drug-likeness (QED) is 0.641. The molecule has 3 rings (SSSR count). The maximum absolute atomic E-state index is 12.8. The molecule has 1 atom stereocenters. The summed E-state index contributed by atoms with van der Waals surface area (Å²) in [6.45, 7) is 4.99. The summed E-state index contributed by atoms with van der Waals surface area (Å²) in [5, 5.41) is 3.51. The Labute approximate surface area is 189 Å². The Kier molecular flexibility index (Phi) is 7.97. The molecule has 6 nitrogen and oxygen atoms in total. The summed E-state index contributed by atoms with van der Waals surface area (Å²) >= 11 is 5.88. The van der Waals surface area contributed by atoms with Gasteiger partial charge < -0.3 is 10.1 Å². The third-order valence-electron chi connectivity index (χ3n) is 5.17. The SMILES string of the molecule is CC(C)Oc1ccc(CNC(=O)C2CCCN(S(=O)(=O)Cc3ccc(Cl)cc3)C2)cc1. The van der Waals surface area contributed by atoms with Gasteiger partial charge in [0.1, 0.15) is 5.75 Å². The molecule has 168 valence electrons. The maximum atomic E-state index is 12.8. The van der Waals surface area contributed by atoms with Gasteiger partial charge in [0.25, 0.3) is 0 Å². The van der Waals surface area contributed by atoms with Gasteiger partial charge in [0, 0.05) is 24.7 Å². The molecule has 1 heterocycles. The van der Waals surface area contributed by atoms with Crippen molar-refractivity contribution in [2.24, 2.45) is 5.92 Å². The first-order chi connectivity index (χ1) is 14.7. The number of nitrogens with one attached hydrogen (secondary N) is 1. The number of rotatable bonds is 8. The van der Waals surface area contributed by atoms with Gasteiger partial charge in [0.05, 0.1) is 17.8 Å². The number of ether oxygens (including phenoxy) is 1. The average Bonchev–Trinajstić information content (AvgIpc) is 2.74. The third kappa shape index (κ3) is 6.95. The molecule has 0 aliphatic carbocycles. The summed E-state index contributed by atoms with van der Waals surface area (Å²) in [5.74, 6) is 0.230. The molecule has 1 aliphatic rings. The van der Waals surface area contributed by atoms with Crippen LogP contribution in [0.1, 0.15) is 37.8 Å². The zero-order valence-electron chi connectivity index (χ0n) is 17.9. The van der Waals surface area contributed by atoms with Crippen molar-refractivity contribution < 1.29 is 17.9 Å². The van der Waals surface area contributed by atoms with Gasteiger partial charge in [-0.05, 0) is 62.1 Å². The Hall–Kier alpha value is -2.09. The predicted molar refractivity (Wildman–Crippen MR) is 122 cm³/mol. The van der Waals surface area contributed by atoms with Crippen LogP contribution in [-0.4, -0.2) is 37.8 Å². The van der Waals surface area contributed by atoms with Crippen LogP contribution in [0.25, 0.3) is 0 Å². The summed E-state index contributed by atoms with van der Waals surface area (Å²) in [4.78, 5) is 12.7. The second-order valence-corrected chi connectivity index (χ2v) is 10.5. The molecule has 0 radical (unpaired) electrons. The van der Waals surface area contributed by atoms with Gasteiger partial charge in [0.2, 0.25) is 15.9 Å². The maximum Gasteiger partial charge on any atom is 0.224 e. The Morgan fingerprint density at radius 3 is 2.42 bits per heavy atom. The van der Waals surface area contributed by atoms with Gasteiger partial charge in [-0.1, -0.05) is 35.9 Å². The van der Waals surface area contributed by atoms with Gasteiger partial charge in [-0.25, -0.2) is 12.7 Å². The van der Waals surface area contributed by atoms with Crippen molar-refractivity contribution in [2.45, 2.75) is 45.1 Å². The Morgan fingerprint density at radius 1 is 1.13 bits per heavy atom. The minimum Gasteiger partial charge on any atom is -0.491 e. The Bertz CT molecular complexity index is 976. The van der Waals surface area contributed by atoms with E-state index in [1.54, 1.807) is 24.3 Å². The molecule has 0 saturated carbocycles. The lowest BCUT2D eigenvalue weighted by Crippen LogP contribution is -2.45. The van der Waals surface area contributed by atoms with E-state index in [-0.39, 0.29) is 30.2 Å². The fourth-order valence-corrected chi connectivity index (χ4v) is 5.32. The molecular weight excluding hydrogens is 436 g/mol. The molecule has 0 aromatic heterocycles. The van der Waals surface area contributed by atoms with Crippen LogP contribution < -0.4 is 10.1 Å². The zero-order valence-corrected chi connectivity index (χ0v) is 19.5. The number of sulfonamides is 1. The minimum atomic E-state index is -3.50. The van der Waals surface area contributed by atoms with Gasteiger partial charge >= 0.3 is 0 Å². The number of halogens is 1. The standard InChI is InChI=1S/C23H29ClN2O4S/c1-17(2)30-22-11-7-18(8-12-22)14-25-23(27)20-4-3-13-26(15-20)31(28,29)16-19-5-9-21(24)10-6-19/h5-12,17,20H,3-4,13-16H2,1-2H3,(H,25,27). The van der Waals surface area contributed by atoms with Crippen molar-refractivity contribution in [3.05, 3.63) is 64.7 Å². The van der Waals surface area contributed by atoms with Crippen LogP contribution in [0, 0.1) is 5.92 Å². The number of amides is 1. The fourth-order valence-electron chi connectivity index (χ4n) is 3.58. The van der Waals surface area contributed by atoms with Crippen LogP contribution >= 0.6 is 11.6 Å². The van der Waals surface area contributed by atoms with Crippen LogP contribution in [0.4, 0.5) is 0 Å². The molecule has 1 N–H and O–H groups in total. The molecule has 0 bridgehead atoms. The van der Waals surface area contributed by atoms with E-state index >= 15 is 0 Å². The lowest BCUT2D eigenvalue weighted by atomic mass is 9.99. The summed E-state index contributed by atoms with van der Waals surface area (Å²) in [6.07, 6.45) is 1.45. The van der Waals surface area contributed by atoms with Crippen molar-refractivity contribution in [3.63, 3.8) is 0 Å². The molecule has 1 fully saturated rings. The van der Waals surface area contributed by atoms with Crippen LogP contribution in [0.3, 0.4) is 0 Å². The highest BCUT2D eigenvalue weighted by atomic mass is 35.5. The van der Waals surface area contributed by atoms with Crippen molar-refractivity contribution in [1.82, 2.24) is 9.62 Å². The van der Waals surface area contributed by atoms with Crippen molar-refractivity contribution in [3.8, 4) is 5.75 Å². The molecular formula is C23H29ClN2O4S. The summed E-state index contributed by atoms with van der Waals surface area (Å²) in [7, 11) is -3.50. The van der Waals surface area contributed by atoms with E-state index in [4.69, 9.17) is 16.3 Å². The number of hydrogen-bond acceptors (Lipinski definition) is 4. The lowest BCUT2D eigenvalue weighted by molar-refractivity contribution is -0.126.